The number of carbonyl (C=O) groups excluding carboxylic acids is 1. The van der Waals surface area contributed by atoms with Crippen molar-refractivity contribution < 1.29 is 14.3 Å². The van der Waals surface area contributed by atoms with Gasteiger partial charge in [0.25, 0.3) is 0 Å². The highest BCUT2D eigenvalue weighted by Crippen LogP contribution is 2.26. The van der Waals surface area contributed by atoms with Crippen molar-refractivity contribution in [1.82, 2.24) is 5.32 Å². The molecule has 5 heteroatoms. The van der Waals surface area contributed by atoms with Gasteiger partial charge >= 0.3 is 6.16 Å². The van der Waals surface area contributed by atoms with Gasteiger partial charge in [0.15, 0.2) is 0 Å². The molecule has 0 saturated carbocycles. The van der Waals surface area contributed by atoms with E-state index in [9.17, 15) is 4.79 Å². The van der Waals surface area contributed by atoms with Crippen LogP contribution in [0.1, 0.15) is 0 Å². The number of nitrogens with one attached hydrogen (secondary N) is 1. The number of halogens is 1. The Morgan fingerprint density at radius 1 is 1.27 bits per heavy atom. The first-order chi connectivity index (χ1) is 4.81. The van der Waals surface area contributed by atoms with Crippen molar-refractivity contribution in [1.29, 1.82) is 0 Å². The van der Waals surface area contributed by atoms with Crippen molar-refractivity contribution in [2.45, 2.75) is 0 Å². The van der Waals surface area contributed by atoms with E-state index in [1.54, 1.807) is 0 Å². The molecule has 2 aliphatic rings. The Morgan fingerprint density at radius 2 is 1.82 bits per heavy atom. The van der Waals surface area contributed by atoms with Gasteiger partial charge in [-0.1, -0.05) is 0 Å². The molecule has 0 aliphatic carbocycles. The smallest absolute Gasteiger partial charge is 0.433 e. The van der Waals surface area contributed by atoms with E-state index >= 15 is 0 Å². The Morgan fingerprint density at radius 3 is 2.18 bits per heavy atom. The Kier molecular flexibility index (Phi) is 2.25. The summed E-state index contributed by atoms with van der Waals surface area (Å²) in [4.78, 5) is 10.4. The SMILES string of the molecule is Cl.O=C1OCC2(CNC2)CO1. The monoisotopic (exact) mass is 179 g/mol. The van der Waals surface area contributed by atoms with Gasteiger partial charge in [0.05, 0.1) is 5.41 Å². The molecule has 0 unspecified atom stereocenters. The highest BCUT2D eigenvalue weighted by Gasteiger charge is 2.42. The molecule has 64 valence electrons. The Balaban J connectivity index is 0.000000605. The fourth-order valence-corrected chi connectivity index (χ4v) is 1.19. The second-order valence-electron chi connectivity index (χ2n) is 2.93. The molecule has 4 nitrogen and oxygen atoms in total. The summed E-state index contributed by atoms with van der Waals surface area (Å²) in [5.41, 5.74) is 0.105. The Hall–Kier alpha value is -0.480. The van der Waals surface area contributed by atoms with Crippen molar-refractivity contribution >= 4 is 18.6 Å². The van der Waals surface area contributed by atoms with Gasteiger partial charge in [0.2, 0.25) is 0 Å². The zero-order valence-corrected chi connectivity index (χ0v) is 6.78. The van der Waals surface area contributed by atoms with Crippen LogP contribution in [0.15, 0.2) is 0 Å². The first-order valence-corrected chi connectivity index (χ1v) is 3.31. The van der Waals surface area contributed by atoms with E-state index < -0.39 is 6.16 Å². The number of cyclic esters (lactones) is 2. The first-order valence-electron chi connectivity index (χ1n) is 3.31. The van der Waals surface area contributed by atoms with Crippen LogP contribution in [-0.4, -0.2) is 32.5 Å². The van der Waals surface area contributed by atoms with E-state index in [0.717, 1.165) is 13.1 Å². The van der Waals surface area contributed by atoms with E-state index in [2.05, 4.69) is 5.32 Å². The summed E-state index contributed by atoms with van der Waals surface area (Å²) in [6, 6.07) is 0. The molecular weight excluding hydrogens is 170 g/mol. The first kappa shape index (κ1) is 8.62. The Bertz CT molecular complexity index is 157. The van der Waals surface area contributed by atoms with E-state index in [4.69, 9.17) is 9.47 Å². The molecule has 0 radical (unpaired) electrons. The predicted octanol–water partition coefficient (Wildman–Crippen LogP) is 0.165. The molecule has 0 bridgehead atoms. The molecule has 0 aromatic heterocycles. The van der Waals surface area contributed by atoms with Crippen LogP contribution in [0, 0.1) is 5.41 Å². The molecule has 0 atom stereocenters. The Labute approximate surface area is 70.6 Å². The van der Waals surface area contributed by atoms with Gasteiger partial charge in [-0.2, -0.15) is 0 Å². The quantitative estimate of drug-likeness (QED) is 0.539. The number of hydrogen-bond donors (Lipinski definition) is 1. The third-order valence-electron chi connectivity index (χ3n) is 1.99. The third kappa shape index (κ3) is 1.41. The minimum absolute atomic E-state index is 0. The third-order valence-corrected chi connectivity index (χ3v) is 1.99. The van der Waals surface area contributed by atoms with Crippen molar-refractivity contribution in [3.63, 3.8) is 0 Å². The van der Waals surface area contributed by atoms with Gasteiger partial charge in [-0.05, 0) is 0 Å². The fourth-order valence-electron chi connectivity index (χ4n) is 1.19. The van der Waals surface area contributed by atoms with Crippen molar-refractivity contribution in [3.05, 3.63) is 0 Å². The van der Waals surface area contributed by atoms with Crippen molar-refractivity contribution in [3.8, 4) is 0 Å². The number of hydrogen-bond acceptors (Lipinski definition) is 4. The molecule has 2 heterocycles. The van der Waals surface area contributed by atoms with Gasteiger partial charge in [0.1, 0.15) is 13.2 Å². The minimum Gasteiger partial charge on any atom is -0.433 e. The molecule has 0 aromatic rings. The predicted molar refractivity (Wildman–Crippen MR) is 39.9 cm³/mol. The van der Waals surface area contributed by atoms with Crippen LogP contribution in [0.25, 0.3) is 0 Å². The van der Waals surface area contributed by atoms with Crippen LogP contribution in [-0.2, 0) is 9.47 Å². The largest absolute Gasteiger partial charge is 0.508 e. The molecule has 11 heavy (non-hydrogen) atoms. The molecule has 2 saturated heterocycles. The second kappa shape index (κ2) is 2.87. The normalized spacial score (nSPS) is 26.0. The van der Waals surface area contributed by atoms with Gasteiger partial charge in [0, 0.05) is 13.1 Å². The summed E-state index contributed by atoms with van der Waals surface area (Å²) in [6.07, 6.45) is -0.530. The molecular formula is C6H10ClNO3. The molecule has 1 spiro atoms. The molecule has 0 aromatic carbocycles. The number of carbonyl (C=O) groups is 1. The van der Waals surface area contributed by atoms with Gasteiger partial charge < -0.3 is 14.8 Å². The maximum Gasteiger partial charge on any atom is 0.508 e. The highest BCUT2D eigenvalue weighted by molar-refractivity contribution is 5.85. The highest BCUT2D eigenvalue weighted by atomic mass is 35.5. The van der Waals surface area contributed by atoms with Crippen LogP contribution in [0.3, 0.4) is 0 Å². The average Bonchev–Trinajstić information content (AvgIpc) is 1.86. The van der Waals surface area contributed by atoms with Crippen molar-refractivity contribution in [2.75, 3.05) is 26.3 Å². The zero-order chi connectivity index (χ0) is 7.03. The summed E-state index contributed by atoms with van der Waals surface area (Å²) in [5.74, 6) is 0. The number of ether oxygens (including phenoxy) is 2. The van der Waals surface area contributed by atoms with E-state index in [1.807, 2.05) is 0 Å². The molecule has 0 amide bonds. The topological polar surface area (TPSA) is 47.6 Å². The summed E-state index contributed by atoms with van der Waals surface area (Å²) in [6.45, 7) is 2.83. The van der Waals surface area contributed by atoms with E-state index in [-0.39, 0.29) is 17.8 Å². The summed E-state index contributed by atoms with van der Waals surface area (Å²) < 4.78 is 9.47. The van der Waals surface area contributed by atoms with E-state index in [0.29, 0.717) is 13.2 Å². The summed E-state index contributed by atoms with van der Waals surface area (Å²) >= 11 is 0. The lowest BCUT2D eigenvalue weighted by Gasteiger charge is -2.43. The fraction of sp³-hybridized carbons (Fsp3) is 0.833. The summed E-state index contributed by atoms with van der Waals surface area (Å²) in [5, 5.41) is 3.12. The van der Waals surface area contributed by atoms with Crippen molar-refractivity contribution in [2.24, 2.45) is 5.41 Å². The van der Waals surface area contributed by atoms with Gasteiger partial charge in [-0.15, -0.1) is 12.4 Å². The molecule has 1 N–H and O–H groups in total. The van der Waals surface area contributed by atoms with E-state index in [1.165, 1.54) is 0 Å². The van der Waals surface area contributed by atoms with Crippen LogP contribution in [0.2, 0.25) is 0 Å². The van der Waals surface area contributed by atoms with Crippen LogP contribution < -0.4 is 5.32 Å². The van der Waals surface area contributed by atoms with Gasteiger partial charge in [-0.25, -0.2) is 4.79 Å². The minimum atomic E-state index is -0.530. The molecule has 2 aliphatic heterocycles. The summed E-state index contributed by atoms with van der Waals surface area (Å²) in [7, 11) is 0. The maximum absolute atomic E-state index is 10.4. The van der Waals surface area contributed by atoms with Crippen LogP contribution >= 0.6 is 12.4 Å². The van der Waals surface area contributed by atoms with Gasteiger partial charge in [-0.3, -0.25) is 0 Å². The maximum atomic E-state index is 10.4. The van der Waals surface area contributed by atoms with Crippen LogP contribution in [0.4, 0.5) is 4.79 Å². The zero-order valence-electron chi connectivity index (χ0n) is 5.96. The standard InChI is InChI=1S/C6H9NO3.ClH/c8-5-9-3-6(4-10-5)1-7-2-6;/h7H,1-4H2;1H. The lowest BCUT2D eigenvalue weighted by Crippen LogP contribution is -2.60. The molecule has 2 fully saturated rings. The van der Waals surface area contributed by atoms with Crippen LogP contribution in [0.5, 0.6) is 0 Å². The lowest BCUT2D eigenvalue weighted by molar-refractivity contribution is -0.0807. The number of rotatable bonds is 0. The average molecular weight is 180 g/mol. The molecule has 2 rings (SSSR count). The lowest BCUT2D eigenvalue weighted by atomic mass is 9.83. The second-order valence-corrected chi connectivity index (χ2v) is 2.93.